The van der Waals surface area contributed by atoms with Gasteiger partial charge in [0, 0.05) is 25.4 Å². The van der Waals surface area contributed by atoms with Gasteiger partial charge >= 0.3 is 0 Å². The van der Waals surface area contributed by atoms with Crippen molar-refractivity contribution in [1.29, 1.82) is 0 Å². The van der Waals surface area contributed by atoms with Crippen LogP contribution in [0.4, 0.5) is 0 Å². The lowest BCUT2D eigenvalue weighted by Gasteiger charge is -2.31. The lowest BCUT2D eigenvalue weighted by molar-refractivity contribution is 0.232. The molecule has 3 heteroatoms. The average molecular weight is 260 g/mol. The Labute approximate surface area is 115 Å². The second-order valence-electron chi connectivity index (χ2n) is 5.49. The van der Waals surface area contributed by atoms with Gasteiger partial charge in [0.05, 0.1) is 5.71 Å². The van der Waals surface area contributed by atoms with Gasteiger partial charge in [0.2, 0.25) is 0 Å². The molecule has 0 amide bonds. The molecular formula is C16H24N2O. The maximum atomic E-state index is 8.86. The Morgan fingerprint density at radius 2 is 2.05 bits per heavy atom. The van der Waals surface area contributed by atoms with Crippen molar-refractivity contribution in [2.75, 3.05) is 19.6 Å². The maximum Gasteiger partial charge on any atom is 0.0624 e. The smallest absolute Gasteiger partial charge is 0.0624 e. The molecular weight excluding hydrogens is 236 g/mol. The largest absolute Gasteiger partial charge is 0.411 e. The van der Waals surface area contributed by atoms with Gasteiger partial charge in [-0.15, -0.1) is 0 Å². The predicted octanol–water partition coefficient (Wildman–Crippen LogP) is 3.18. The topological polar surface area (TPSA) is 35.8 Å². The Kier molecular flexibility index (Phi) is 5.40. The summed E-state index contributed by atoms with van der Waals surface area (Å²) >= 11 is 0. The number of piperidine rings is 1. The lowest BCUT2D eigenvalue weighted by Crippen LogP contribution is -2.40. The van der Waals surface area contributed by atoms with Crippen LogP contribution in [0.1, 0.15) is 31.7 Å². The van der Waals surface area contributed by atoms with Crippen molar-refractivity contribution in [3.63, 3.8) is 0 Å². The summed E-state index contributed by atoms with van der Waals surface area (Å²) < 4.78 is 0. The van der Waals surface area contributed by atoms with Gasteiger partial charge in [0.1, 0.15) is 0 Å². The summed E-state index contributed by atoms with van der Waals surface area (Å²) in [5, 5.41) is 12.2. The fraction of sp³-hybridized carbons (Fsp3) is 0.562. The number of oxime groups is 1. The molecule has 19 heavy (non-hydrogen) atoms. The highest BCUT2D eigenvalue weighted by Gasteiger charge is 2.21. The quantitative estimate of drug-likeness (QED) is 0.501. The fourth-order valence-electron chi connectivity index (χ4n) is 2.76. The van der Waals surface area contributed by atoms with E-state index >= 15 is 0 Å². The molecule has 1 N–H and O–H groups in total. The monoisotopic (exact) mass is 260 g/mol. The molecule has 2 rings (SSSR count). The standard InChI is InChI=1S/C16H24N2O/c1-14-13-18(12-10-16(14)17-19)11-6-5-9-15-7-3-2-4-8-15/h2-4,7-8,14,19H,5-6,9-13H2,1H3/b17-16+. The van der Waals surface area contributed by atoms with E-state index in [0.29, 0.717) is 5.92 Å². The molecule has 1 atom stereocenters. The fourth-order valence-corrected chi connectivity index (χ4v) is 2.76. The van der Waals surface area contributed by atoms with Crippen molar-refractivity contribution in [2.24, 2.45) is 11.1 Å². The predicted molar refractivity (Wildman–Crippen MR) is 78.8 cm³/mol. The van der Waals surface area contributed by atoms with Gasteiger partial charge in [-0.25, -0.2) is 0 Å². The van der Waals surface area contributed by atoms with Crippen LogP contribution in [-0.2, 0) is 6.42 Å². The highest BCUT2D eigenvalue weighted by atomic mass is 16.4. The van der Waals surface area contributed by atoms with Crippen LogP contribution >= 0.6 is 0 Å². The molecule has 3 nitrogen and oxygen atoms in total. The summed E-state index contributed by atoms with van der Waals surface area (Å²) in [7, 11) is 0. The van der Waals surface area contributed by atoms with Gasteiger partial charge in [-0.05, 0) is 31.4 Å². The molecule has 1 unspecified atom stereocenters. The van der Waals surface area contributed by atoms with Gasteiger partial charge in [-0.2, -0.15) is 0 Å². The SMILES string of the molecule is CC1CN(CCCCc2ccccc2)CC/C1=N\O. The number of likely N-dealkylation sites (tertiary alicyclic amines) is 1. The second-order valence-corrected chi connectivity index (χ2v) is 5.49. The van der Waals surface area contributed by atoms with E-state index in [2.05, 4.69) is 47.3 Å². The first-order chi connectivity index (χ1) is 9.29. The van der Waals surface area contributed by atoms with E-state index in [-0.39, 0.29) is 0 Å². The van der Waals surface area contributed by atoms with Crippen LogP contribution in [0.25, 0.3) is 0 Å². The maximum absolute atomic E-state index is 8.86. The first-order valence-corrected chi connectivity index (χ1v) is 7.26. The second kappa shape index (κ2) is 7.29. The molecule has 1 aliphatic rings. The molecule has 0 aliphatic carbocycles. The Balaban J connectivity index is 1.64. The minimum Gasteiger partial charge on any atom is -0.411 e. The summed E-state index contributed by atoms with van der Waals surface area (Å²) in [5.41, 5.74) is 2.39. The molecule has 0 aromatic heterocycles. The minimum absolute atomic E-state index is 0.396. The highest BCUT2D eigenvalue weighted by Crippen LogP contribution is 2.14. The van der Waals surface area contributed by atoms with Crippen molar-refractivity contribution in [1.82, 2.24) is 4.90 Å². The van der Waals surface area contributed by atoms with Crippen molar-refractivity contribution >= 4 is 5.71 Å². The van der Waals surface area contributed by atoms with Crippen LogP contribution in [0, 0.1) is 5.92 Å². The van der Waals surface area contributed by atoms with E-state index in [1.807, 2.05) is 0 Å². The molecule has 1 aliphatic heterocycles. The zero-order valence-electron chi connectivity index (χ0n) is 11.8. The van der Waals surface area contributed by atoms with Gasteiger partial charge in [0.15, 0.2) is 0 Å². The minimum atomic E-state index is 0.396. The third kappa shape index (κ3) is 4.35. The summed E-state index contributed by atoms with van der Waals surface area (Å²) in [6, 6.07) is 10.7. The molecule has 0 bridgehead atoms. The van der Waals surface area contributed by atoms with Crippen LogP contribution in [-0.4, -0.2) is 35.5 Å². The summed E-state index contributed by atoms with van der Waals surface area (Å²) in [6.45, 7) is 5.38. The van der Waals surface area contributed by atoms with Crippen LogP contribution in [0.3, 0.4) is 0 Å². The number of hydrogen-bond acceptors (Lipinski definition) is 3. The van der Waals surface area contributed by atoms with Gasteiger partial charge in [-0.1, -0.05) is 42.4 Å². The molecule has 0 spiro atoms. The lowest BCUT2D eigenvalue weighted by atomic mass is 9.97. The van der Waals surface area contributed by atoms with Crippen molar-refractivity contribution < 1.29 is 5.21 Å². The van der Waals surface area contributed by atoms with Gasteiger partial charge in [-0.3, -0.25) is 0 Å². The molecule has 104 valence electrons. The Morgan fingerprint density at radius 1 is 1.26 bits per heavy atom. The molecule has 1 aromatic carbocycles. The Morgan fingerprint density at radius 3 is 2.74 bits per heavy atom. The number of nitrogens with zero attached hydrogens (tertiary/aromatic N) is 2. The summed E-state index contributed by atoms with van der Waals surface area (Å²) in [6.07, 6.45) is 4.58. The van der Waals surface area contributed by atoms with Crippen molar-refractivity contribution in [3.05, 3.63) is 35.9 Å². The van der Waals surface area contributed by atoms with E-state index in [4.69, 9.17) is 5.21 Å². The van der Waals surface area contributed by atoms with Crippen LogP contribution in [0.5, 0.6) is 0 Å². The first kappa shape index (κ1) is 14.1. The summed E-state index contributed by atoms with van der Waals surface area (Å²) in [5.74, 6) is 0.396. The van der Waals surface area contributed by atoms with Gasteiger partial charge in [0.25, 0.3) is 0 Å². The van der Waals surface area contributed by atoms with E-state index in [9.17, 15) is 0 Å². The average Bonchev–Trinajstić information content (AvgIpc) is 2.45. The van der Waals surface area contributed by atoms with Crippen molar-refractivity contribution in [3.8, 4) is 0 Å². The van der Waals surface area contributed by atoms with Crippen molar-refractivity contribution in [2.45, 2.75) is 32.6 Å². The number of aryl methyl sites for hydroxylation is 1. The number of benzene rings is 1. The Bertz CT molecular complexity index is 402. The number of unbranched alkanes of at least 4 members (excludes halogenated alkanes) is 1. The molecule has 1 aromatic rings. The molecule has 1 heterocycles. The zero-order valence-corrected chi connectivity index (χ0v) is 11.8. The third-order valence-electron chi connectivity index (χ3n) is 3.95. The first-order valence-electron chi connectivity index (χ1n) is 7.26. The van der Waals surface area contributed by atoms with E-state index in [1.54, 1.807) is 0 Å². The molecule has 1 fully saturated rings. The van der Waals surface area contributed by atoms with Gasteiger partial charge < -0.3 is 10.1 Å². The van der Waals surface area contributed by atoms with E-state index in [1.165, 1.54) is 24.8 Å². The van der Waals surface area contributed by atoms with Crippen LogP contribution in [0.2, 0.25) is 0 Å². The van der Waals surface area contributed by atoms with E-state index < -0.39 is 0 Å². The number of hydrogen-bond donors (Lipinski definition) is 1. The summed E-state index contributed by atoms with van der Waals surface area (Å²) in [4.78, 5) is 2.49. The highest BCUT2D eigenvalue weighted by molar-refractivity contribution is 5.86. The molecule has 0 saturated carbocycles. The van der Waals surface area contributed by atoms with E-state index in [0.717, 1.165) is 31.8 Å². The third-order valence-corrected chi connectivity index (χ3v) is 3.95. The molecule has 1 saturated heterocycles. The van der Waals surface area contributed by atoms with Crippen LogP contribution in [0.15, 0.2) is 35.5 Å². The zero-order chi connectivity index (χ0) is 13.5. The molecule has 0 radical (unpaired) electrons. The normalized spacial score (nSPS) is 22.8. The Hall–Kier alpha value is -1.35. The van der Waals surface area contributed by atoms with Crippen LogP contribution < -0.4 is 0 Å². The number of rotatable bonds is 5.